The summed E-state index contributed by atoms with van der Waals surface area (Å²) in [6, 6.07) is 6.88. The Morgan fingerprint density at radius 1 is 1.50 bits per heavy atom. The summed E-state index contributed by atoms with van der Waals surface area (Å²) in [5, 5.41) is 3.48. The Morgan fingerprint density at radius 3 is 3.04 bits per heavy atom. The molecule has 1 aromatic heterocycles. The highest BCUT2D eigenvalue weighted by Crippen LogP contribution is 2.15. The van der Waals surface area contributed by atoms with Crippen LogP contribution >= 0.6 is 0 Å². The van der Waals surface area contributed by atoms with Gasteiger partial charge in [-0.3, -0.25) is 4.79 Å². The van der Waals surface area contributed by atoms with E-state index in [2.05, 4.69) is 15.3 Å². The summed E-state index contributed by atoms with van der Waals surface area (Å²) in [4.78, 5) is 33.0. The van der Waals surface area contributed by atoms with E-state index in [0.717, 1.165) is 19.4 Å². The van der Waals surface area contributed by atoms with Gasteiger partial charge >= 0.3 is 6.03 Å². The maximum Gasteiger partial charge on any atom is 0.317 e. The van der Waals surface area contributed by atoms with Crippen molar-refractivity contribution in [2.75, 3.05) is 13.7 Å². The van der Waals surface area contributed by atoms with Crippen molar-refractivity contribution in [3.63, 3.8) is 0 Å². The maximum absolute atomic E-state index is 12.3. The van der Waals surface area contributed by atoms with Crippen LogP contribution in [0.5, 0.6) is 0 Å². The van der Waals surface area contributed by atoms with Gasteiger partial charge in [0.05, 0.1) is 29.6 Å². The van der Waals surface area contributed by atoms with Crippen LogP contribution in [0.2, 0.25) is 0 Å². The van der Waals surface area contributed by atoms with E-state index in [-0.39, 0.29) is 30.3 Å². The topological polar surface area (TPSA) is 87.3 Å². The summed E-state index contributed by atoms with van der Waals surface area (Å²) >= 11 is 0. The molecular formula is C17H22N4O3. The Morgan fingerprint density at radius 2 is 2.29 bits per heavy atom. The average Bonchev–Trinajstić information content (AvgIpc) is 3.09. The first-order valence-corrected chi connectivity index (χ1v) is 8.16. The number of para-hydroxylation sites is 1. The molecule has 1 aliphatic rings. The van der Waals surface area contributed by atoms with Crippen LogP contribution in [0.3, 0.4) is 0 Å². The van der Waals surface area contributed by atoms with Gasteiger partial charge < -0.3 is 19.9 Å². The van der Waals surface area contributed by atoms with Crippen molar-refractivity contribution < 1.29 is 9.53 Å². The zero-order valence-electron chi connectivity index (χ0n) is 13.9. The highest BCUT2D eigenvalue weighted by molar-refractivity contribution is 5.77. The second kappa shape index (κ2) is 7.00. The van der Waals surface area contributed by atoms with E-state index < -0.39 is 0 Å². The zero-order chi connectivity index (χ0) is 17.1. The minimum Gasteiger partial charge on any atom is -0.376 e. The molecule has 2 amide bonds. The number of hydrogen-bond donors (Lipinski definition) is 2. The number of urea groups is 1. The number of benzene rings is 1. The van der Waals surface area contributed by atoms with Gasteiger partial charge in [0.15, 0.2) is 0 Å². The van der Waals surface area contributed by atoms with Gasteiger partial charge in [0, 0.05) is 13.7 Å². The fourth-order valence-electron chi connectivity index (χ4n) is 2.90. The monoisotopic (exact) mass is 330 g/mol. The van der Waals surface area contributed by atoms with Gasteiger partial charge in [0.2, 0.25) is 0 Å². The number of fused-ring (bicyclic) bond motifs is 1. The molecule has 1 saturated heterocycles. The quantitative estimate of drug-likeness (QED) is 0.892. The van der Waals surface area contributed by atoms with E-state index in [1.807, 2.05) is 13.0 Å². The SMILES string of the molecule is C[C@@H](NC(=O)N(C)Cc1nc2ccccc2c(=O)[nH]1)[C@@H]1CCCO1. The molecule has 0 aliphatic carbocycles. The van der Waals surface area contributed by atoms with Crippen LogP contribution in [0.15, 0.2) is 29.1 Å². The summed E-state index contributed by atoms with van der Waals surface area (Å²) in [5.74, 6) is 0.459. The van der Waals surface area contributed by atoms with Crippen LogP contribution in [0.4, 0.5) is 4.79 Å². The van der Waals surface area contributed by atoms with Gasteiger partial charge in [0.25, 0.3) is 5.56 Å². The van der Waals surface area contributed by atoms with E-state index in [0.29, 0.717) is 16.7 Å². The molecule has 2 aromatic rings. The molecule has 0 bridgehead atoms. The van der Waals surface area contributed by atoms with Crippen molar-refractivity contribution in [2.45, 2.75) is 38.5 Å². The number of hydrogen-bond acceptors (Lipinski definition) is 4. The third-order valence-corrected chi connectivity index (χ3v) is 4.27. The highest BCUT2D eigenvalue weighted by Gasteiger charge is 2.24. The molecule has 128 valence electrons. The molecule has 0 unspecified atom stereocenters. The smallest absolute Gasteiger partial charge is 0.317 e. The fourth-order valence-corrected chi connectivity index (χ4v) is 2.90. The van der Waals surface area contributed by atoms with E-state index in [1.165, 1.54) is 4.90 Å². The van der Waals surface area contributed by atoms with Crippen LogP contribution in [0.25, 0.3) is 10.9 Å². The zero-order valence-corrected chi connectivity index (χ0v) is 13.9. The van der Waals surface area contributed by atoms with Gasteiger partial charge in [-0.15, -0.1) is 0 Å². The molecule has 0 saturated carbocycles. The molecule has 7 heteroatoms. The molecular weight excluding hydrogens is 308 g/mol. The summed E-state index contributed by atoms with van der Waals surface area (Å²) in [6.07, 6.45) is 2.06. The van der Waals surface area contributed by atoms with E-state index in [1.54, 1.807) is 25.2 Å². The lowest BCUT2D eigenvalue weighted by molar-refractivity contribution is 0.0837. The Balaban J connectivity index is 1.66. The molecule has 0 spiro atoms. The molecule has 2 atom stereocenters. The summed E-state index contributed by atoms with van der Waals surface area (Å²) in [7, 11) is 1.67. The van der Waals surface area contributed by atoms with Crippen molar-refractivity contribution in [1.82, 2.24) is 20.2 Å². The standard InChI is InChI=1S/C17H22N4O3/c1-11(14-8-5-9-24-14)18-17(23)21(2)10-15-19-13-7-4-3-6-12(13)16(22)20-15/h3-4,6-7,11,14H,5,8-10H2,1-2H3,(H,18,23)(H,19,20,22)/t11-,14+/m1/s1. The first kappa shape index (κ1) is 16.4. The Labute approximate surface area is 140 Å². The van der Waals surface area contributed by atoms with Crippen molar-refractivity contribution in [2.24, 2.45) is 0 Å². The number of nitrogens with one attached hydrogen (secondary N) is 2. The lowest BCUT2D eigenvalue weighted by Gasteiger charge is -2.24. The molecule has 24 heavy (non-hydrogen) atoms. The highest BCUT2D eigenvalue weighted by atomic mass is 16.5. The second-order valence-electron chi connectivity index (χ2n) is 6.18. The van der Waals surface area contributed by atoms with Gasteiger partial charge in [-0.1, -0.05) is 12.1 Å². The molecule has 2 N–H and O–H groups in total. The van der Waals surface area contributed by atoms with E-state index in [9.17, 15) is 9.59 Å². The third-order valence-electron chi connectivity index (χ3n) is 4.27. The van der Waals surface area contributed by atoms with Crippen molar-refractivity contribution in [1.29, 1.82) is 0 Å². The lowest BCUT2D eigenvalue weighted by atomic mass is 10.1. The van der Waals surface area contributed by atoms with Crippen LogP contribution < -0.4 is 10.9 Å². The number of rotatable bonds is 4. The predicted molar refractivity (Wildman–Crippen MR) is 90.8 cm³/mol. The second-order valence-corrected chi connectivity index (χ2v) is 6.18. The summed E-state index contributed by atoms with van der Waals surface area (Å²) in [5.41, 5.74) is 0.426. The van der Waals surface area contributed by atoms with Crippen molar-refractivity contribution in [3.05, 3.63) is 40.4 Å². The Kier molecular flexibility index (Phi) is 4.80. The summed E-state index contributed by atoms with van der Waals surface area (Å²) < 4.78 is 5.58. The first-order valence-electron chi connectivity index (χ1n) is 8.16. The maximum atomic E-state index is 12.3. The van der Waals surface area contributed by atoms with Crippen LogP contribution in [0, 0.1) is 0 Å². The number of aromatic nitrogens is 2. The number of aromatic amines is 1. The minimum absolute atomic E-state index is 0.0499. The molecule has 2 heterocycles. The van der Waals surface area contributed by atoms with Crippen molar-refractivity contribution >= 4 is 16.9 Å². The van der Waals surface area contributed by atoms with Gasteiger partial charge in [-0.2, -0.15) is 0 Å². The molecule has 3 rings (SSSR count). The van der Waals surface area contributed by atoms with Gasteiger partial charge in [-0.25, -0.2) is 9.78 Å². The Hall–Kier alpha value is -2.41. The largest absolute Gasteiger partial charge is 0.376 e. The number of carbonyl (C=O) groups excluding carboxylic acids is 1. The predicted octanol–water partition coefficient (Wildman–Crippen LogP) is 1.63. The van der Waals surface area contributed by atoms with E-state index in [4.69, 9.17) is 4.74 Å². The molecule has 0 radical (unpaired) electrons. The lowest BCUT2D eigenvalue weighted by Crippen LogP contribution is -2.46. The van der Waals surface area contributed by atoms with Crippen LogP contribution in [-0.4, -0.2) is 46.7 Å². The number of carbonyl (C=O) groups is 1. The Bertz CT molecular complexity index is 783. The number of amides is 2. The van der Waals surface area contributed by atoms with Gasteiger partial charge in [-0.05, 0) is 31.9 Å². The summed E-state index contributed by atoms with van der Waals surface area (Å²) in [6.45, 7) is 2.92. The fraction of sp³-hybridized carbons (Fsp3) is 0.471. The van der Waals surface area contributed by atoms with Crippen LogP contribution in [0.1, 0.15) is 25.6 Å². The van der Waals surface area contributed by atoms with E-state index >= 15 is 0 Å². The number of ether oxygens (including phenoxy) is 1. The minimum atomic E-state index is -0.214. The first-order chi connectivity index (χ1) is 11.5. The molecule has 7 nitrogen and oxygen atoms in total. The molecule has 1 aliphatic heterocycles. The normalized spacial score (nSPS) is 18.5. The number of H-pyrrole nitrogens is 1. The number of nitrogens with zero attached hydrogens (tertiary/aromatic N) is 2. The molecule has 1 aromatic carbocycles. The van der Waals surface area contributed by atoms with Gasteiger partial charge in [0.1, 0.15) is 5.82 Å². The average molecular weight is 330 g/mol. The molecule has 1 fully saturated rings. The van der Waals surface area contributed by atoms with Crippen LogP contribution in [-0.2, 0) is 11.3 Å². The third kappa shape index (κ3) is 3.56. The van der Waals surface area contributed by atoms with Crippen molar-refractivity contribution in [3.8, 4) is 0 Å².